The van der Waals surface area contributed by atoms with E-state index in [1.165, 1.54) is 38.5 Å². The van der Waals surface area contributed by atoms with Gasteiger partial charge in [0, 0.05) is 12.1 Å². The van der Waals surface area contributed by atoms with Gasteiger partial charge in [-0.25, -0.2) is 4.79 Å². The summed E-state index contributed by atoms with van der Waals surface area (Å²) < 4.78 is 16.4. The van der Waals surface area contributed by atoms with Crippen LogP contribution in [0, 0.1) is 10.1 Å². The lowest BCUT2D eigenvalue weighted by atomic mass is 10.2. The number of oxazole rings is 1. The Labute approximate surface area is 162 Å². The molecule has 3 aromatic rings. The number of carbonyl (C=O) groups excluding carboxylic acids is 1. The number of hydrogen-bond acceptors (Lipinski definition) is 7. The zero-order chi connectivity index (χ0) is 20.4. The number of carbonyl (C=O) groups is 1. The van der Waals surface area contributed by atoms with E-state index in [4.69, 9.17) is 25.5 Å². The number of benzene rings is 2. The first-order valence-electron chi connectivity index (χ1n) is 7.83. The maximum atomic E-state index is 12.4. The van der Waals surface area contributed by atoms with Gasteiger partial charge in [0.05, 0.1) is 41.4 Å². The van der Waals surface area contributed by atoms with Gasteiger partial charge in [0.15, 0.2) is 5.58 Å². The van der Waals surface area contributed by atoms with Gasteiger partial charge in [-0.3, -0.25) is 19.5 Å². The standard InChI is InChI=1S/C17H14ClN3O7/c1-26-13-7-14(27-2)11(6-10(13)18)19-16(22)8-20-12-4-3-9(21(24)25)5-15(12)28-17(20)23/h3-7H,8H2,1-2H3,(H,19,22). The van der Waals surface area contributed by atoms with Crippen molar-refractivity contribution < 1.29 is 23.6 Å². The number of nitrogens with zero attached hydrogens (tertiary/aromatic N) is 2. The Kier molecular flexibility index (Phi) is 5.23. The lowest BCUT2D eigenvalue weighted by molar-refractivity contribution is -0.384. The number of nitro benzene ring substituents is 1. The van der Waals surface area contributed by atoms with Crippen LogP contribution in [0.4, 0.5) is 11.4 Å². The van der Waals surface area contributed by atoms with Crippen molar-refractivity contribution in [1.82, 2.24) is 4.57 Å². The Hall–Kier alpha value is -3.53. The Morgan fingerprint density at radius 1 is 1.25 bits per heavy atom. The van der Waals surface area contributed by atoms with Gasteiger partial charge in [0.1, 0.15) is 18.0 Å². The van der Waals surface area contributed by atoms with Gasteiger partial charge in [-0.15, -0.1) is 0 Å². The molecule has 0 saturated heterocycles. The monoisotopic (exact) mass is 407 g/mol. The Balaban J connectivity index is 1.88. The van der Waals surface area contributed by atoms with Crippen molar-refractivity contribution in [3.05, 3.63) is 56.0 Å². The van der Waals surface area contributed by atoms with Gasteiger partial charge in [-0.1, -0.05) is 11.6 Å². The molecule has 0 aliphatic heterocycles. The quantitative estimate of drug-likeness (QED) is 0.491. The fourth-order valence-electron chi connectivity index (χ4n) is 2.61. The van der Waals surface area contributed by atoms with Crippen molar-refractivity contribution in [2.75, 3.05) is 19.5 Å². The van der Waals surface area contributed by atoms with Crippen LogP contribution in [-0.4, -0.2) is 29.6 Å². The summed E-state index contributed by atoms with van der Waals surface area (Å²) in [6.45, 7) is -0.379. The van der Waals surface area contributed by atoms with Crippen LogP contribution in [0.1, 0.15) is 0 Å². The molecule has 146 valence electrons. The molecule has 0 saturated carbocycles. The largest absolute Gasteiger partial charge is 0.495 e. The maximum Gasteiger partial charge on any atom is 0.420 e. The third-order valence-corrected chi connectivity index (χ3v) is 4.21. The summed E-state index contributed by atoms with van der Waals surface area (Å²) in [6.07, 6.45) is 0. The van der Waals surface area contributed by atoms with E-state index in [1.807, 2.05) is 0 Å². The number of nitrogens with one attached hydrogen (secondary N) is 1. The highest BCUT2D eigenvalue weighted by Gasteiger charge is 2.18. The van der Waals surface area contributed by atoms with E-state index in [1.54, 1.807) is 0 Å². The van der Waals surface area contributed by atoms with E-state index >= 15 is 0 Å². The molecule has 0 spiro atoms. The zero-order valence-corrected chi connectivity index (χ0v) is 15.5. The van der Waals surface area contributed by atoms with Crippen LogP contribution in [0.5, 0.6) is 11.5 Å². The van der Waals surface area contributed by atoms with Gasteiger partial charge in [0.2, 0.25) is 5.91 Å². The molecule has 3 rings (SSSR count). The number of anilines is 1. The van der Waals surface area contributed by atoms with E-state index in [2.05, 4.69) is 5.32 Å². The molecule has 0 aliphatic rings. The summed E-state index contributed by atoms with van der Waals surface area (Å²) in [6, 6.07) is 6.65. The number of non-ortho nitro benzene ring substituents is 1. The van der Waals surface area contributed by atoms with Gasteiger partial charge >= 0.3 is 5.76 Å². The molecule has 0 unspecified atom stereocenters. The van der Waals surface area contributed by atoms with Crippen LogP contribution >= 0.6 is 11.6 Å². The normalized spacial score (nSPS) is 10.7. The molecule has 1 aromatic heterocycles. The minimum Gasteiger partial charge on any atom is -0.495 e. The molecule has 1 amide bonds. The molecule has 0 aliphatic carbocycles. The van der Waals surface area contributed by atoms with E-state index < -0.39 is 16.6 Å². The summed E-state index contributed by atoms with van der Waals surface area (Å²) in [4.78, 5) is 34.7. The molecule has 10 nitrogen and oxygen atoms in total. The average molecular weight is 408 g/mol. The molecule has 1 heterocycles. The fraction of sp³-hybridized carbons (Fsp3) is 0.176. The molecule has 0 bridgehead atoms. The number of aromatic nitrogens is 1. The number of hydrogen-bond donors (Lipinski definition) is 1. The second kappa shape index (κ2) is 7.61. The van der Waals surface area contributed by atoms with E-state index in [0.29, 0.717) is 11.5 Å². The van der Waals surface area contributed by atoms with Gasteiger partial charge < -0.3 is 19.2 Å². The Morgan fingerprint density at radius 2 is 1.96 bits per heavy atom. The molecule has 11 heteroatoms. The summed E-state index contributed by atoms with van der Waals surface area (Å²) in [5.41, 5.74) is 0.327. The van der Waals surface area contributed by atoms with Crippen LogP contribution in [0.25, 0.3) is 11.1 Å². The number of ether oxygens (including phenoxy) is 2. The number of fused-ring (bicyclic) bond motifs is 1. The van der Waals surface area contributed by atoms with Gasteiger partial charge in [-0.2, -0.15) is 0 Å². The molecule has 1 N–H and O–H groups in total. The van der Waals surface area contributed by atoms with Crippen molar-refractivity contribution in [2.24, 2.45) is 0 Å². The van der Waals surface area contributed by atoms with Crippen molar-refractivity contribution in [1.29, 1.82) is 0 Å². The predicted molar refractivity (Wildman–Crippen MR) is 100 cm³/mol. The number of rotatable bonds is 6. The second-order valence-electron chi connectivity index (χ2n) is 5.60. The minimum absolute atomic E-state index is 0.0112. The molecule has 0 atom stereocenters. The Bertz CT molecular complexity index is 1140. The van der Waals surface area contributed by atoms with Crippen LogP contribution < -0.4 is 20.5 Å². The van der Waals surface area contributed by atoms with E-state index in [9.17, 15) is 19.7 Å². The predicted octanol–water partition coefficient (Wildman–Crippen LogP) is 2.81. The highest BCUT2D eigenvalue weighted by atomic mass is 35.5. The number of halogens is 1. The highest BCUT2D eigenvalue weighted by molar-refractivity contribution is 6.32. The fourth-order valence-corrected chi connectivity index (χ4v) is 2.85. The van der Waals surface area contributed by atoms with Crippen molar-refractivity contribution in [3.8, 4) is 11.5 Å². The molecule has 28 heavy (non-hydrogen) atoms. The third-order valence-electron chi connectivity index (χ3n) is 3.91. The van der Waals surface area contributed by atoms with Crippen molar-refractivity contribution >= 4 is 40.0 Å². The maximum absolute atomic E-state index is 12.4. The Morgan fingerprint density at radius 3 is 2.61 bits per heavy atom. The zero-order valence-electron chi connectivity index (χ0n) is 14.7. The molecule has 0 radical (unpaired) electrons. The van der Waals surface area contributed by atoms with E-state index in [-0.39, 0.29) is 34.0 Å². The van der Waals surface area contributed by atoms with Gasteiger partial charge in [0.25, 0.3) is 5.69 Å². The molecule has 2 aromatic carbocycles. The number of nitro groups is 1. The number of amides is 1. The molecular weight excluding hydrogens is 394 g/mol. The van der Waals surface area contributed by atoms with Gasteiger partial charge in [-0.05, 0) is 12.1 Å². The van der Waals surface area contributed by atoms with Crippen molar-refractivity contribution in [3.63, 3.8) is 0 Å². The summed E-state index contributed by atoms with van der Waals surface area (Å²) in [5.74, 6) is -0.683. The van der Waals surface area contributed by atoms with E-state index in [0.717, 1.165) is 10.6 Å². The highest BCUT2D eigenvalue weighted by Crippen LogP contribution is 2.35. The van der Waals surface area contributed by atoms with Crippen molar-refractivity contribution in [2.45, 2.75) is 6.54 Å². The lowest BCUT2D eigenvalue weighted by Crippen LogP contribution is -2.25. The summed E-state index contributed by atoms with van der Waals surface area (Å²) >= 11 is 6.07. The molecular formula is C17H14ClN3O7. The first kappa shape index (κ1) is 19.2. The number of methoxy groups -OCH3 is 2. The average Bonchev–Trinajstić information content (AvgIpc) is 2.96. The van der Waals surface area contributed by atoms with Crippen LogP contribution in [-0.2, 0) is 11.3 Å². The summed E-state index contributed by atoms with van der Waals surface area (Å²) in [5, 5.41) is 13.7. The SMILES string of the molecule is COc1cc(OC)c(NC(=O)Cn2c(=O)oc3cc([N+](=O)[O-])ccc32)cc1Cl. The van der Waals surface area contributed by atoms with Crippen LogP contribution in [0.3, 0.4) is 0 Å². The third kappa shape index (κ3) is 3.62. The first-order chi connectivity index (χ1) is 13.3. The smallest absolute Gasteiger partial charge is 0.420 e. The van der Waals surface area contributed by atoms with Crippen LogP contribution in [0.15, 0.2) is 39.5 Å². The molecule has 0 fully saturated rings. The van der Waals surface area contributed by atoms with Crippen LogP contribution in [0.2, 0.25) is 5.02 Å². The summed E-state index contributed by atoms with van der Waals surface area (Å²) in [7, 11) is 2.86. The minimum atomic E-state index is -0.814. The second-order valence-corrected chi connectivity index (χ2v) is 6.01. The lowest BCUT2D eigenvalue weighted by Gasteiger charge is -2.13. The first-order valence-corrected chi connectivity index (χ1v) is 8.21. The topological polar surface area (TPSA) is 126 Å².